The van der Waals surface area contributed by atoms with Crippen molar-refractivity contribution in [1.29, 1.82) is 0 Å². The van der Waals surface area contributed by atoms with E-state index in [1.807, 2.05) is 0 Å². The zero-order chi connectivity index (χ0) is 15.1. The van der Waals surface area contributed by atoms with E-state index in [0.717, 1.165) is 39.1 Å². The van der Waals surface area contributed by atoms with Crippen molar-refractivity contribution in [2.45, 2.75) is 12.2 Å². The quantitative estimate of drug-likeness (QED) is 0.721. The van der Waals surface area contributed by atoms with Crippen LogP contribution in [-0.4, -0.2) is 52.6 Å². The molecule has 0 unspecified atom stereocenters. The Bertz CT molecular complexity index is 545. The third kappa shape index (κ3) is 6.09. The molecule has 1 aromatic carbocycles. The van der Waals surface area contributed by atoms with Gasteiger partial charge in [-0.1, -0.05) is 12.1 Å². The molecule has 0 bridgehead atoms. The molecule has 118 valence electrons. The summed E-state index contributed by atoms with van der Waals surface area (Å²) in [7, 11) is -3.40. The summed E-state index contributed by atoms with van der Waals surface area (Å²) in [5, 5.41) is 3.28. The average Bonchev–Trinajstić information content (AvgIpc) is 2.44. The summed E-state index contributed by atoms with van der Waals surface area (Å²) in [4.78, 5) is 2.32. The monoisotopic (exact) mass is 315 g/mol. The zero-order valence-corrected chi connectivity index (χ0v) is 12.8. The van der Waals surface area contributed by atoms with Gasteiger partial charge in [0.25, 0.3) is 0 Å². The fraction of sp³-hybridized carbons (Fsp3) is 0.571. The van der Waals surface area contributed by atoms with Gasteiger partial charge in [-0.3, -0.25) is 0 Å². The number of hydrogen-bond donors (Lipinski definition) is 2. The first-order chi connectivity index (χ1) is 10.1. The second-order valence-electron chi connectivity index (χ2n) is 5.23. The van der Waals surface area contributed by atoms with Gasteiger partial charge in [0.05, 0.1) is 5.75 Å². The van der Waals surface area contributed by atoms with E-state index < -0.39 is 15.8 Å². The molecule has 0 aromatic heterocycles. The van der Waals surface area contributed by atoms with E-state index in [-0.39, 0.29) is 5.75 Å². The van der Waals surface area contributed by atoms with E-state index >= 15 is 0 Å². The van der Waals surface area contributed by atoms with Gasteiger partial charge in [-0.2, -0.15) is 0 Å². The van der Waals surface area contributed by atoms with E-state index in [2.05, 4.69) is 14.9 Å². The molecular formula is C14H22FN3O2S. The van der Waals surface area contributed by atoms with E-state index in [4.69, 9.17) is 0 Å². The zero-order valence-electron chi connectivity index (χ0n) is 12.0. The van der Waals surface area contributed by atoms with Gasteiger partial charge in [0.2, 0.25) is 10.0 Å². The number of rotatable bonds is 7. The predicted octanol–water partition coefficient (Wildman–Crippen LogP) is 0.540. The summed E-state index contributed by atoms with van der Waals surface area (Å²) >= 11 is 0. The van der Waals surface area contributed by atoms with Gasteiger partial charge in [-0.15, -0.1) is 0 Å². The Morgan fingerprint density at radius 2 is 2.05 bits per heavy atom. The molecule has 2 rings (SSSR count). The molecule has 21 heavy (non-hydrogen) atoms. The second kappa shape index (κ2) is 7.84. The van der Waals surface area contributed by atoms with Gasteiger partial charge >= 0.3 is 0 Å². The Labute approximate surface area is 125 Å². The van der Waals surface area contributed by atoms with Crippen molar-refractivity contribution in [3.8, 4) is 0 Å². The number of nitrogens with zero attached hydrogens (tertiary/aromatic N) is 1. The fourth-order valence-electron chi connectivity index (χ4n) is 2.36. The molecule has 0 saturated carbocycles. The molecule has 0 amide bonds. The number of hydrogen-bond acceptors (Lipinski definition) is 4. The Balaban J connectivity index is 1.71. The lowest BCUT2D eigenvalue weighted by Crippen LogP contribution is -2.44. The van der Waals surface area contributed by atoms with Crippen molar-refractivity contribution >= 4 is 10.0 Å². The van der Waals surface area contributed by atoms with Crippen LogP contribution >= 0.6 is 0 Å². The summed E-state index contributed by atoms with van der Waals surface area (Å²) in [6, 6.07) is 5.69. The van der Waals surface area contributed by atoms with E-state index in [9.17, 15) is 12.8 Å². The number of halogens is 1. The van der Waals surface area contributed by atoms with E-state index in [1.54, 1.807) is 6.07 Å². The second-order valence-corrected chi connectivity index (χ2v) is 7.04. The molecule has 1 aromatic rings. The van der Waals surface area contributed by atoms with Crippen molar-refractivity contribution in [2.24, 2.45) is 0 Å². The molecule has 7 heteroatoms. The first-order valence-electron chi connectivity index (χ1n) is 7.20. The largest absolute Gasteiger partial charge is 0.314 e. The van der Waals surface area contributed by atoms with Crippen molar-refractivity contribution in [2.75, 3.05) is 39.3 Å². The Morgan fingerprint density at radius 1 is 1.29 bits per heavy atom. The summed E-state index contributed by atoms with van der Waals surface area (Å²) in [5.41, 5.74) is 0.463. The first-order valence-corrected chi connectivity index (χ1v) is 8.85. The number of nitrogens with one attached hydrogen (secondary N) is 2. The summed E-state index contributed by atoms with van der Waals surface area (Å²) < 4.78 is 39.4. The molecule has 1 heterocycles. The molecule has 1 aliphatic heterocycles. The minimum Gasteiger partial charge on any atom is -0.314 e. The van der Waals surface area contributed by atoms with Crippen molar-refractivity contribution < 1.29 is 12.8 Å². The molecule has 1 aliphatic rings. The highest BCUT2D eigenvalue weighted by Crippen LogP contribution is 2.07. The van der Waals surface area contributed by atoms with Crippen LogP contribution in [0, 0.1) is 5.82 Å². The minimum absolute atomic E-state index is 0.182. The maximum Gasteiger partial charge on any atom is 0.215 e. The van der Waals surface area contributed by atoms with E-state index in [1.165, 1.54) is 18.2 Å². The Kier molecular flexibility index (Phi) is 6.10. The van der Waals surface area contributed by atoms with Crippen LogP contribution in [0.25, 0.3) is 0 Å². The lowest BCUT2D eigenvalue weighted by Gasteiger charge is -2.27. The third-order valence-corrected chi connectivity index (χ3v) is 4.79. The molecule has 0 spiro atoms. The maximum absolute atomic E-state index is 13.0. The number of piperazine rings is 1. The molecule has 2 N–H and O–H groups in total. The standard InChI is InChI=1S/C14H22FN3O2S/c15-14-4-1-3-13(11-14)12-21(19,20)17-5-2-8-18-9-6-16-7-10-18/h1,3-4,11,16-17H,2,5-10,12H2. The van der Waals surface area contributed by atoms with E-state index in [0.29, 0.717) is 12.1 Å². The topological polar surface area (TPSA) is 61.4 Å². The molecule has 0 radical (unpaired) electrons. The molecule has 5 nitrogen and oxygen atoms in total. The highest BCUT2D eigenvalue weighted by atomic mass is 32.2. The van der Waals surface area contributed by atoms with Crippen LogP contribution in [0.1, 0.15) is 12.0 Å². The molecular weight excluding hydrogens is 293 g/mol. The normalized spacial score (nSPS) is 17.0. The molecule has 1 fully saturated rings. The SMILES string of the molecule is O=S(=O)(Cc1cccc(F)c1)NCCCN1CCNCC1. The predicted molar refractivity (Wildman–Crippen MR) is 81.0 cm³/mol. The van der Waals surface area contributed by atoms with Crippen LogP contribution in [0.5, 0.6) is 0 Å². The van der Waals surface area contributed by atoms with Gasteiger partial charge in [-0.05, 0) is 30.7 Å². The summed E-state index contributed by atoms with van der Waals surface area (Å²) in [5.74, 6) is -0.598. The Morgan fingerprint density at radius 3 is 2.76 bits per heavy atom. The van der Waals surface area contributed by atoms with Crippen LogP contribution in [0.4, 0.5) is 4.39 Å². The van der Waals surface area contributed by atoms with Gasteiger partial charge in [0, 0.05) is 32.7 Å². The highest BCUT2D eigenvalue weighted by molar-refractivity contribution is 7.88. The maximum atomic E-state index is 13.0. The molecule has 0 aliphatic carbocycles. The lowest BCUT2D eigenvalue weighted by atomic mass is 10.2. The summed E-state index contributed by atoms with van der Waals surface area (Å²) in [6.07, 6.45) is 0.780. The van der Waals surface area contributed by atoms with Crippen molar-refractivity contribution in [3.05, 3.63) is 35.6 Å². The highest BCUT2D eigenvalue weighted by Gasteiger charge is 2.12. The number of sulfonamides is 1. The van der Waals surface area contributed by atoms with Crippen molar-refractivity contribution in [3.63, 3.8) is 0 Å². The third-order valence-electron chi connectivity index (χ3n) is 3.43. The van der Waals surface area contributed by atoms with Crippen LogP contribution in [0.3, 0.4) is 0 Å². The first kappa shape index (κ1) is 16.4. The molecule has 1 saturated heterocycles. The fourth-order valence-corrected chi connectivity index (χ4v) is 3.54. The minimum atomic E-state index is -3.40. The summed E-state index contributed by atoms with van der Waals surface area (Å²) in [6.45, 7) is 5.31. The van der Waals surface area contributed by atoms with Gasteiger partial charge < -0.3 is 10.2 Å². The van der Waals surface area contributed by atoms with Crippen LogP contribution in [-0.2, 0) is 15.8 Å². The van der Waals surface area contributed by atoms with Crippen LogP contribution in [0.2, 0.25) is 0 Å². The smallest absolute Gasteiger partial charge is 0.215 e. The van der Waals surface area contributed by atoms with Gasteiger partial charge in [0.15, 0.2) is 0 Å². The van der Waals surface area contributed by atoms with Crippen molar-refractivity contribution in [1.82, 2.24) is 14.9 Å². The van der Waals surface area contributed by atoms with Crippen LogP contribution in [0.15, 0.2) is 24.3 Å². The lowest BCUT2D eigenvalue weighted by molar-refractivity contribution is 0.239. The van der Waals surface area contributed by atoms with Crippen LogP contribution < -0.4 is 10.0 Å². The van der Waals surface area contributed by atoms with Gasteiger partial charge in [-0.25, -0.2) is 17.5 Å². The van der Waals surface area contributed by atoms with Gasteiger partial charge in [0.1, 0.15) is 5.82 Å². The Hall–Kier alpha value is -1.02. The number of benzene rings is 1. The molecule has 0 atom stereocenters. The average molecular weight is 315 g/mol.